The van der Waals surface area contributed by atoms with Crippen LogP contribution in [0.3, 0.4) is 0 Å². The Morgan fingerprint density at radius 2 is 2.25 bits per heavy atom. The molecule has 1 aromatic carbocycles. The maximum Gasteiger partial charge on any atom is 0.272 e. The molecule has 16 heavy (non-hydrogen) atoms. The molecule has 0 bridgehead atoms. The zero-order chi connectivity index (χ0) is 11.7. The fourth-order valence-corrected chi connectivity index (χ4v) is 1.51. The molecule has 0 saturated heterocycles. The molecule has 1 aromatic heterocycles. The number of nitro benzene ring substituents is 1. The predicted octanol–water partition coefficient (Wildman–Crippen LogP) is 2.14. The Balaban J connectivity index is 2.58. The van der Waals surface area contributed by atoms with Crippen molar-refractivity contribution in [1.82, 2.24) is 5.16 Å². The number of nitro groups is 1. The average Bonchev–Trinajstić information content (AvgIpc) is 2.64. The maximum atomic E-state index is 10.7. The van der Waals surface area contributed by atoms with E-state index in [1.165, 1.54) is 12.1 Å². The highest BCUT2D eigenvalue weighted by atomic mass is 16.6. The molecule has 0 fully saturated rings. The normalized spacial score (nSPS) is 10.3. The van der Waals surface area contributed by atoms with Gasteiger partial charge in [-0.15, -0.1) is 0 Å². The number of anilines is 1. The second-order valence-electron chi connectivity index (χ2n) is 3.32. The van der Waals surface area contributed by atoms with Crippen LogP contribution in [0.1, 0.15) is 5.56 Å². The van der Waals surface area contributed by atoms with Gasteiger partial charge in [0.15, 0.2) is 0 Å². The average molecular weight is 219 g/mol. The van der Waals surface area contributed by atoms with Crippen molar-refractivity contribution in [2.75, 3.05) is 5.73 Å². The van der Waals surface area contributed by atoms with Gasteiger partial charge in [-0.05, 0) is 6.92 Å². The van der Waals surface area contributed by atoms with Gasteiger partial charge in [0.25, 0.3) is 5.69 Å². The van der Waals surface area contributed by atoms with E-state index in [-0.39, 0.29) is 11.6 Å². The van der Waals surface area contributed by atoms with Gasteiger partial charge in [0.1, 0.15) is 5.69 Å². The standard InChI is InChI=1S/C10H9N3O3/c1-6-7(8-5-10(11)16-12-8)3-2-4-9(6)13(14)15/h2-5H,11H2,1H3. The molecule has 6 nitrogen and oxygen atoms in total. The molecule has 0 aliphatic rings. The molecule has 0 aliphatic carbocycles. The van der Waals surface area contributed by atoms with Crippen LogP contribution in [0, 0.1) is 17.0 Å². The van der Waals surface area contributed by atoms with Crippen LogP contribution in [0.4, 0.5) is 11.6 Å². The molecule has 82 valence electrons. The Kier molecular flexibility index (Phi) is 2.32. The number of hydrogen-bond donors (Lipinski definition) is 1. The molecular formula is C10H9N3O3. The Labute approximate surface area is 90.8 Å². The van der Waals surface area contributed by atoms with E-state index < -0.39 is 4.92 Å². The first-order chi connectivity index (χ1) is 7.59. The molecule has 2 N–H and O–H groups in total. The molecule has 0 unspecified atom stereocenters. The van der Waals surface area contributed by atoms with Crippen LogP contribution in [0.25, 0.3) is 11.3 Å². The Morgan fingerprint density at radius 1 is 1.50 bits per heavy atom. The molecule has 6 heteroatoms. The predicted molar refractivity (Wildman–Crippen MR) is 57.7 cm³/mol. The van der Waals surface area contributed by atoms with E-state index in [1.807, 2.05) is 0 Å². The highest BCUT2D eigenvalue weighted by Gasteiger charge is 2.16. The van der Waals surface area contributed by atoms with Gasteiger partial charge in [-0.1, -0.05) is 17.3 Å². The maximum absolute atomic E-state index is 10.7. The van der Waals surface area contributed by atoms with Crippen LogP contribution >= 0.6 is 0 Å². The third kappa shape index (κ3) is 1.60. The van der Waals surface area contributed by atoms with Crippen LogP contribution in [0.15, 0.2) is 28.8 Å². The number of nitrogens with two attached hydrogens (primary N) is 1. The molecule has 1 heterocycles. The quantitative estimate of drug-likeness (QED) is 0.616. The summed E-state index contributed by atoms with van der Waals surface area (Å²) in [5.74, 6) is 0.181. The second-order valence-corrected chi connectivity index (χ2v) is 3.32. The number of nitrogens with zero attached hydrogens (tertiary/aromatic N) is 2. The zero-order valence-electron chi connectivity index (χ0n) is 8.51. The summed E-state index contributed by atoms with van der Waals surface area (Å²) in [5.41, 5.74) is 7.14. The van der Waals surface area contributed by atoms with Crippen LogP contribution < -0.4 is 5.73 Å². The van der Waals surface area contributed by atoms with E-state index in [2.05, 4.69) is 5.16 Å². The summed E-state index contributed by atoms with van der Waals surface area (Å²) in [5, 5.41) is 14.5. The van der Waals surface area contributed by atoms with Crippen LogP contribution in [-0.4, -0.2) is 10.1 Å². The van der Waals surface area contributed by atoms with Gasteiger partial charge in [-0.25, -0.2) is 0 Å². The summed E-state index contributed by atoms with van der Waals surface area (Å²) in [4.78, 5) is 10.3. The summed E-state index contributed by atoms with van der Waals surface area (Å²) in [7, 11) is 0. The van der Waals surface area contributed by atoms with Gasteiger partial charge < -0.3 is 10.3 Å². The minimum Gasteiger partial charge on any atom is -0.368 e. The fourth-order valence-electron chi connectivity index (χ4n) is 1.51. The summed E-state index contributed by atoms with van der Waals surface area (Å²) in [6.45, 7) is 1.67. The highest BCUT2D eigenvalue weighted by Crippen LogP contribution is 2.29. The van der Waals surface area contributed by atoms with Crippen LogP contribution in [0.5, 0.6) is 0 Å². The van der Waals surface area contributed by atoms with Crippen molar-refractivity contribution < 1.29 is 9.45 Å². The number of rotatable bonds is 2. The molecule has 0 radical (unpaired) electrons. The Hall–Kier alpha value is -2.37. The van der Waals surface area contributed by atoms with E-state index in [0.29, 0.717) is 16.8 Å². The fraction of sp³-hybridized carbons (Fsp3) is 0.100. The molecule has 0 spiro atoms. The lowest BCUT2D eigenvalue weighted by atomic mass is 10.0. The SMILES string of the molecule is Cc1c(-c2cc(N)on2)cccc1[N+](=O)[O-]. The van der Waals surface area contributed by atoms with Crippen molar-refractivity contribution in [3.8, 4) is 11.3 Å². The lowest BCUT2D eigenvalue weighted by molar-refractivity contribution is -0.385. The molecule has 0 aliphatic heterocycles. The van der Waals surface area contributed by atoms with Crippen molar-refractivity contribution in [2.45, 2.75) is 6.92 Å². The van der Waals surface area contributed by atoms with Crippen molar-refractivity contribution in [3.63, 3.8) is 0 Å². The third-order valence-electron chi connectivity index (χ3n) is 2.31. The summed E-state index contributed by atoms with van der Waals surface area (Å²) < 4.78 is 4.73. The first-order valence-corrected chi connectivity index (χ1v) is 4.56. The minimum absolute atomic E-state index is 0.0547. The van der Waals surface area contributed by atoms with Crippen molar-refractivity contribution >= 4 is 11.6 Å². The minimum atomic E-state index is -0.428. The Morgan fingerprint density at radius 3 is 2.81 bits per heavy atom. The smallest absolute Gasteiger partial charge is 0.272 e. The summed E-state index contributed by atoms with van der Waals surface area (Å²) >= 11 is 0. The molecule has 0 saturated carbocycles. The van der Waals surface area contributed by atoms with Gasteiger partial charge in [-0.2, -0.15) is 0 Å². The molecule has 0 atom stereocenters. The van der Waals surface area contributed by atoms with Crippen molar-refractivity contribution in [3.05, 3.63) is 39.9 Å². The first kappa shape index (κ1) is 10.2. The van der Waals surface area contributed by atoms with Crippen molar-refractivity contribution in [2.24, 2.45) is 0 Å². The lowest BCUT2D eigenvalue weighted by Crippen LogP contribution is -1.93. The topological polar surface area (TPSA) is 95.2 Å². The van der Waals surface area contributed by atoms with Gasteiger partial charge in [0, 0.05) is 23.3 Å². The van der Waals surface area contributed by atoms with Gasteiger partial charge in [-0.3, -0.25) is 10.1 Å². The van der Waals surface area contributed by atoms with Gasteiger partial charge in [0.2, 0.25) is 5.88 Å². The lowest BCUT2D eigenvalue weighted by Gasteiger charge is -2.01. The first-order valence-electron chi connectivity index (χ1n) is 4.56. The second kappa shape index (κ2) is 3.65. The number of hydrogen-bond acceptors (Lipinski definition) is 5. The van der Waals surface area contributed by atoms with Gasteiger partial charge >= 0.3 is 0 Å². The van der Waals surface area contributed by atoms with E-state index in [1.54, 1.807) is 19.1 Å². The van der Waals surface area contributed by atoms with E-state index in [4.69, 9.17) is 10.3 Å². The highest BCUT2D eigenvalue weighted by molar-refractivity contribution is 5.69. The number of aromatic nitrogens is 1. The summed E-state index contributed by atoms with van der Waals surface area (Å²) in [6.07, 6.45) is 0. The van der Waals surface area contributed by atoms with Crippen LogP contribution in [-0.2, 0) is 0 Å². The zero-order valence-corrected chi connectivity index (χ0v) is 8.51. The Bertz CT molecular complexity index is 548. The number of benzene rings is 1. The van der Waals surface area contributed by atoms with E-state index in [9.17, 15) is 10.1 Å². The number of nitrogen functional groups attached to an aromatic ring is 1. The summed E-state index contributed by atoms with van der Waals surface area (Å²) in [6, 6.07) is 6.32. The third-order valence-corrected chi connectivity index (χ3v) is 2.31. The van der Waals surface area contributed by atoms with E-state index in [0.717, 1.165) is 0 Å². The largest absolute Gasteiger partial charge is 0.368 e. The monoisotopic (exact) mass is 219 g/mol. The van der Waals surface area contributed by atoms with Crippen molar-refractivity contribution in [1.29, 1.82) is 0 Å². The van der Waals surface area contributed by atoms with Gasteiger partial charge in [0.05, 0.1) is 4.92 Å². The molecule has 2 rings (SSSR count). The van der Waals surface area contributed by atoms with Crippen LogP contribution in [0.2, 0.25) is 0 Å². The molecule has 0 amide bonds. The van der Waals surface area contributed by atoms with E-state index >= 15 is 0 Å². The molecular weight excluding hydrogens is 210 g/mol. The molecule has 2 aromatic rings.